The Bertz CT molecular complexity index is 994. The first-order chi connectivity index (χ1) is 17.4. The van der Waals surface area contributed by atoms with Crippen molar-refractivity contribution in [2.45, 2.75) is 33.5 Å². The van der Waals surface area contributed by atoms with Crippen molar-refractivity contribution in [1.29, 1.82) is 0 Å². The number of rotatable bonds is 17. The van der Waals surface area contributed by atoms with Crippen molar-refractivity contribution in [2.24, 2.45) is 0 Å². The lowest BCUT2D eigenvalue weighted by Gasteiger charge is -2.16. The number of nitro benzene ring substituents is 1. The van der Waals surface area contributed by atoms with Crippen molar-refractivity contribution in [3.05, 3.63) is 69.8 Å². The lowest BCUT2D eigenvalue weighted by Crippen LogP contribution is -2.26. The van der Waals surface area contributed by atoms with Gasteiger partial charge in [-0.15, -0.1) is 0 Å². The Balaban J connectivity index is 1.72. The maximum atomic E-state index is 12.3. The first-order valence-corrected chi connectivity index (χ1v) is 13.4. The summed E-state index contributed by atoms with van der Waals surface area (Å²) >= 11 is 0. The van der Waals surface area contributed by atoms with Crippen LogP contribution in [-0.2, 0) is 36.3 Å². The van der Waals surface area contributed by atoms with Crippen molar-refractivity contribution in [2.75, 3.05) is 39.1 Å². The SMILES string of the molecule is CCOP(=O)(CCOCCCNC(=O)OCc1cc(OCc2ccccc2)ccc1[N+](=O)[O-])OCC. The minimum atomic E-state index is -3.14. The minimum absolute atomic E-state index is 0.150. The fourth-order valence-corrected chi connectivity index (χ4v) is 4.56. The molecule has 0 saturated heterocycles. The van der Waals surface area contributed by atoms with Crippen LogP contribution in [-0.4, -0.2) is 50.2 Å². The number of amides is 1. The molecule has 0 atom stereocenters. The Morgan fingerprint density at radius 1 is 1.03 bits per heavy atom. The molecule has 0 saturated carbocycles. The minimum Gasteiger partial charge on any atom is -0.489 e. The van der Waals surface area contributed by atoms with Crippen molar-refractivity contribution >= 4 is 19.4 Å². The van der Waals surface area contributed by atoms with Crippen LogP contribution in [0.15, 0.2) is 48.5 Å². The average Bonchev–Trinajstić information content (AvgIpc) is 2.86. The molecule has 1 amide bonds. The van der Waals surface area contributed by atoms with E-state index in [0.717, 1.165) is 5.56 Å². The smallest absolute Gasteiger partial charge is 0.407 e. The summed E-state index contributed by atoms with van der Waals surface area (Å²) < 4.78 is 39.0. The third kappa shape index (κ3) is 10.7. The van der Waals surface area contributed by atoms with E-state index in [1.54, 1.807) is 13.8 Å². The van der Waals surface area contributed by atoms with Gasteiger partial charge in [-0.25, -0.2) is 4.79 Å². The van der Waals surface area contributed by atoms with E-state index >= 15 is 0 Å². The molecule has 2 aromatic rings. The molecule has 12 heteroatoms. The van der Waals surface area contributed by atoms with E-state index in [1.807, 2.05) is 30.3 Å². The van der Waals surface area contributed by atoms with Gasteiger partial charge in [0.1, 0.15) is 19.0 Å². The third-order valence-corrected chi connectivity index (χ3v) is 6.78. The zero-order valence-corrected chi connectivity index (χ0v) is 21.4. The normalized spacial score (nSPS) is 11.2. The predicted octanol–water partition coefficient (Wildman–Crippen LogP) is 5.07. The summed E-state index contributed by atoms with van der Waals surface area (Å²) in [5, 5.41) is 13.9. The first kappa shape index (κ1) is 29.3. The quantitative estimate of drug-likeness (QED) is 0.130. The van der Waals surface area contributed by atoms with Gasteiger partial charge in [0.25, 0.3) is 5.69 Å². The van der Waals surface area contributed by atoms with Gasteiger partial charge in [-0.1, -0.05) is 30.3 Å². The van der Waals surface area contributed by atoms with Gasteiger partial charge in [0.2, 0.25) is 0 Å². The average molecular weight is 525 g/mol. The molecule has 198 valence electrons. The second-order valence-electron chi connectivity index (χ2n) is 7.46. The molecule has 0 aliphatic heterocycles. The van der Waals surface area contributed by atoms with Crippen molar-refractivity contribution in [3.63, 3.8) is 0 Å². The molecular weight excluding hydrogens is 491 g/mol. The molecule has 0 aliphatic rings. The molecule has 2 rings (SSSR count). The monoisotopic (exact) mass is 524 g/mol. The number of hydrogen-bond acceptors (Lipinski definition) is 9. The fourth-order valence-electron chi connectivity index (χ4n) is 3.08. The molecule has 0 spiro atoms. The second-order valence-corrected chi connectivity index (χ2v) is 9.65. The number of carbonyl (C=O) groups is 1. The van der Waals surface area contributed by atoms with Crippen LogP contribution in [0.3, 0.4) is 0 Å². The summed E-state index contributed by atoms with van der Waals surface area (Å²) in [5.41, 5.74) is 1.01. The summed E-state index contributed by atoms with van der Waals surface area (Å²) in [6, 6.07) is 13.8. The highest BCUT2D eigenvalue weighted by Gasteiger charge is 2.22. The highest BCUT2D eigenvalue weighted by atomic mass is 31.2. The zero-order valence-electron chi connectivity index (χ0n) is 20.6. The predicted molar refractivity (Wildman–Crippen MR) is 133 cm³/mol. The molecule has 0 aliphatic carbocycles. The number of carbonyl (C=O) groups excluding carboxylic acids is 1. The highest BCUT2D eigenvalue weighted by molar-refractivity contribution is 7.53. The van der Waals surface area contributed by atoms with E-state index in [1.165, 1.54) is 18.2 Å². The van der Waals surface area contributed by atoms with E-state index in [2.05, 4.69) is 5.32 Å². The van der Waals surface area contributed by atoms with E-state index in [0.29, 0.717) is 25.4 Å². The first-order valence-electron chi connectivity index (χ1n) is 11.7. The lowest BCUT2D eigenvalue weighted by atomic mass is 10.2. The molecule has 11 nitrogen and oxygen atoms in total. The Labute approximate surface area is 210 Å². The Morgan fingerprint density at radius 2 is 1.75 bits per heavy atom. The number of ether oxygens (including phenoxy) is 3. The molecule has 0 heterocycles. The van der Waals surface area contributed by atoms with E-state index in [9.17, 15) is 19.5 Å². The van der Waals surface area contributed by atoms with Crippen LogP contribution in [0.5, 0.6) is 5.75 Å². The summed E-state index contributed by atoms with van der Waals surface area (Å²) in [4.78, 5) is 22.8. The van der Waals surface area contributed by atoms with Gasteiger partial charge in [-0.05, 0) is 38.0 Å². The van der Waals surface area contributed by atoms with Crippen LogP contribution in [0.4, 0.5) is 10.5 Å². The largest absolute Gasteiger partial charge is 0.489 e. The van der Waals surface area contributed by atoms with Gasteiger partial charge in [0, 0.05) is 19.2 Å². The number of nitrogens with one attached hydrogen (secondary N) is 1. The van der Waals surface area contributed by atoms with Gasteiger partial charge >= 0.3 is 13.7 Å². The third-order valence-electron chi connectivity index (χ3n) is 4.75. The summed E-state index contributed by atoms with van der Waals surface area (Å²) in [6.45, 7) is 4.88. The van der Waals surface area contributed by atoms with E-state index in [4.69, 9.17) is 23.3 Å². The molecule has 2 aromatic carbocycles. The van der Waals surface area contributed by atoms with E-state index in [-0.39, 0.29) is 50.4 Å². The molecular formula is C24H33N2O9P. The maximum absolute atomic E-state index is 12.3. The van der Waals surface area contributed by atoms with Crippen LogP contribution >= 0.6 is 7.60 Å². The zero-order chi connectivity index (χ0) is 26.2. The van der Waals surface area contributed by atoms with Crippen LogP contribution in [0.2, 0.25) is 0 Å². The van der Waals surface area contributed by atoms with Crippen LogP contribution < -0.4 is 10.1 Å². The number of nitro groups is 1. The molecule has 0 radical (unpaired) electrons. The maximum Gasteiger partial charge on any atom is 0.407 e. The van der Waals surface area contributed by atoms with Gasteiger partial charge in [-0.2, -0.15) is 0 Å². The van der Waals surface area contributed by atoms with E-state index < -0.39 is 18.6 Å². The molecule has 0 aromatic heterocycles. The van der Waals surface area contributed by atoms with Crippen molar-refractivity contribution < 1.29 is 37.5 Å². The number of hydrogen-bond donors (Lipinski definition) is 1. The molecule has 0 fully saturated rings. The Morgan fingerprint density at radius 3 is 2.42 bits per heavy atom. The van der Waals surface area contributed by atoms with Gasteiger partial charge in [0.05, 0.1) is 36.5 Å². The van der Waals surface area contributed by atoms with Crippen LogP contribution in [0.1, 0.15) is 31.4 Å². The van der Waals surface area contributed by atoms with Gasteiger partial charge < -0.3 is 28.6 Å². The number of nitrogens with zero attached hydrogens (tertiary/aromatic N) is 1. The molecule has 36 heavy (non-hydrogen) atoms. The Hall–Kier alpha value is -2.98. The van der Waals surface area contributed by atoms with Crippen LogP contribution in [0.25, 0.3) is 0 Å². The molecule has 1 N–H and O–H groups in total. The number of alkyl carbamates (subject to hydrolysis) is 1. The van der Waals surface area contributed by atoms with Gasteiger partial charge in [0.15, 0.2) is 0 Å². The summed E-state index contributed by atoms with van der Waals surface area (Å²) in [5.74, 6) is 0.429. The summed E-state index contributed by atoms with van der Waals surface area (Å²) in [7, 11) is -3.14. The lowest BCUT2D eigenvalue weighted by molar-refractivity contribution is -0.385. The molecule has 0 unspecified atom stereocenters. The Kier molecular flexibility index (Phi) is 12.9. The van der Waals surface area contributed by atoms with Crippen molar-refractivity contribution in [3.8, 4) is 5.75 Å². The fraction of sp³-hybridized carbons (Fsp3) is 0.458. The van der Waals surface area contributed by atoms with Gasteiger partial charge in [-0.3, -0.25) is 14.7 Å². The van der Waals surface area contributed by atoms with Crippen LogP contribution in [0, 0.1) is 10.1 Å². The topological polar surface area (TPSA) is 135 Å². The summed E-state index contributed by atoms with van der Waals surface area (Å²) in [6.07, 6.45) is -0.0695. The second kappa shape index (κ2) is 15.9. The molecule has 0 bridgehead atoms. The highest BCUT2D eigenvalue weighted by Crippen LogP contribution is 2.47. The number of benzene rings is 2. The van der Waals surface area contributed by atoms with Crippen molar-refractivity contribution in [1.82, 2.24) is 5.32 Å². The standard InChI is InChI=1S/C24H33N2O9P/c1-3-34-36(30,35-4-2)16-15-31-14-8-13-25-24(27)33-19-21-17-22(11-12-23(21)26(28)29)32-18-20-9-6-5-7-10-20/h5-7,9-12,17H,3-4,8,13-16,18-19H2,1-2H3,(H,25,27).